The Hall–Kier alpha value is -2.86. The van der Waals surface area contributed by atoms with Crippen molar-refractivity contribution in [2.75, 3.05) is 5.32 Å². The fourth-order valence-corrected chi connectivity index (χ4v) is 3.41. The summed E-state index contributed by atoms with van der Waals surface area (Å²) >= 11 is 1.48. The van der Waals surface area contributed by atoms with Gasteiger partial charge in [0.1, 0.15) is 17.4 Å². The van der Waals surface area contributed by atoms with Crippen LogP contribution in [0.15, 0.2) is 76.5 Å². The van der Waals surface area contributed by atoms with Gasteiger partial charge in [0.2, 0.25) is 0 Å². The number of hydrogen-bond donors (Lipinski definition) is 1. The van der Waals surface area contributed by atoms with Gasteiger partial charge in [0.05, 0.1) is 18.3 Å². The summed E-state index contributed by atoms with van der Waals surface area (Å²) in [5.74, 6) is 1.96. The molecule has 1 N–H and O–H groups in total. The van der Waals surface area contributed by atoms with Crippen molar-refractivity contribution < 1.29 is 8.81 Å². The average Bonchev–Trinajstić information content (AvgIpc) is 3.18. The van der Waals surface area contributed by atoms with E-state index in [2.05, 4.69) is 15.3 Å². The summed E-state index contributed by atoms with van der Waals surface area (Å²) in [5.41, 5.74) is 1.77. The molecule has 0 unspecified atom stereocenters. The van der Waals surface area contributed by atoms with E-state index < -0.39 is 0 Å². The van der Waals surface area contributed by atoms with Crippen LogP contribution in [0.3, 0.4) is 0 Å². The van der Waals surface area contributed by atoms with E-state index >= 15 is 0 Å². The SMILES string of the molecule is Fc1cccc(CSc2nc(NCc3ccco3)c3ccccc3n2)c1. The van der Waals surface area contributed by atoms with Gasteiger partial charge in [-0.25, -0.2) is 14.4 Å². The molecule has 0 spiro atoms. The number of rotatable bonds is 6. The lowest BCUT2D eigenvalue weighted by molar-refractivity contribution is 0.518. The quantitative estimate of drug-likeness (QED) is 0.373. The minimum absolute atomic E-state index is 0.233. The molecule has 26 heavy (non-hydrogen) atoms. The first-order valence-corrected chi connectivity index (χ1v) is 9.17. The van der Waals surface area contributed by atoms with Gasteiger partial charge in [-0.2, -0.15) is 0 Å². The van der Waals surface area contributed by atoms with Crippen LogP contribution in [0.4, 0.5) is 10.2 Å². The van der Waals surface area contributed by atoms with Crippen molar-refractivity contribution in [2.45, 2.75) is 17.5 Å². The highest BCUT2D eigenvalue weighted by Gasteiger charge is 2.09. The Kier molecular flexibility index (Phi) is 4.84. The monoisotopic (exact) mass is 365 g/mol. The minimum Gasteiger partial charge on any atom is -0.467 e. The summed E-state index contributed by atoms with van der Waals surface area (Å²) in [6.45, 7) is 0.544. The second-order valence-electron chi connectivity index (χ2n) is 5.72. The van der Waals surface area contributed by atoms with E-state index in [9.17, 15) is 4.39 Å². The summed E-state index contributed by atoms with van der Waals surface area (Å²) in [6, 6.07) is 18.2. The van der Waals surface area contributed by atoms with Gasteiger partial charge in [-0.1, -0.05) is 36.0 Å². The predicted molar refractivity (Wildman–Crippen MR) is 102 cm³/mol. The number of nitrogens with one attached hydrogen (secondary N) is 1. The van der Waals surface area contributed by atoms with Crippen molar-refractivity contribution in [3.63, 3.8) is 0 Å². The Balaban J connectivity index is 1.58. The zero-order valence-corrected chi connectivity index (χ0v) is 14.7. The molecule has 0 saturated heterocycles. The van der Waals surface area contributed by atoms with Crippen LogP contribution in [-0.2, 0) is 12.3 Å². The molecular weight excluding hydrogens is 349 g/mol. The number of thioether (sulfide) groups is 1. The largest absolute Gasteiger partial charge is 0.467 e. The third-order valence-corrected chi connectivity index (χ3v) is 4.77. The Morgan fingerprint density at radius 1 is 1.00 bits per heavy atom. The molecule has 0 aliphatic heterocycles. The first kappa shape index (κ1) is 16.6. The van der Waals surface area contributed by atoms with Crippen molar-refractivity contribution in [3.8, 4) is 0 Å². The molecule has 0 aliphatic carbocycles. The van der Waals surface area contributed by atoms with Gasteiger partial charge >= 0.3 is 0 Å². The van der Waals surface area contributed by atoms with Crippen LogP contribution in [0.5, 0.6) is 0 Å². The summed E-state index contributed by atoms with van der Waals surface area (Å²) in [7, 11) is 0. The van der Waals surface area contributed by atoms with E-state index in [-0.39, 0.29) is 5.82 Å². The molecule has 4 rings (SSSR count). The molecule has 0 aliphatic rings. The molecule has 0 bridgehead atoms. The van der Waals surface area contributed by atoms with Crippen LogP contribution in [0.2, 0.25) is 0 Å². The van der Waals surface area contributed by atoms with Crippen molar-refractivity contribution >= 4 is 28.5 Å². The number of fused-ring (bicyclic) bond motifs is 1. The molecule has 4 nitrogen and oxygen atoms in total. The maximum Gasteiger partial charge on any atom is 0.190 e. The number of nitrogens with zero attached hydrogens (tertiary/aromatic N) is 2. The topological polar surface area (TPSA) is 51.0 Å². The van der Waals surface area contributed by atoms with E-state index in [4.69, 9.17) is 4.42 Å². The lowest BCUT2D eigenvalue weighted by Crippen LogP contribution is -2.03. The van der Waals surface area contributed by atoms with Crippen LogP contribution < -0.4 is 5.32 Å². The molecule has 2 aromatic heterocycles. The van der Waals surface area contributed by atoms with Gasteiger partial charge in [-0.3, -0.25) is 0 Å². The molecule has 4 aromatic rings. The number of para-hydroxylation sites is 1. The Morgan fingerprint density at radius 3 is 2.77 bits per heavy atom. The molecule has 0 amide bonds. The van der Waals surface area contributed by atoms with Crippen molar-refractivity contribution in [1.82, 2.24) is 9.97 Å². The highest BCUT2D eigenvalue weighted by molar-refractivity contribution is 7.98. The van der Waals surface area contributed by atoms with Crippen LogP contribution in [-0.4, -0.2) is 9.97 Å². The summed E-state index contributed by atoms with van der Waals surface area (Å²) in [6.07, 6.45) is 1.65. The second-order valence-corrected chi connectivity index (χ2v) is 6.67. The van der Waals surface area contributed by atoms with E-state index in [1.807, 2.05) is 42.5 Å². The first-order chi connectivity index (χ1) is 12.8. The predicted octanol–water partition coefficient (Wildman–Crippen LogP) is 5.27. The second kappa shape index (κ2) is 7.58. The van der Waals surface area contributed by atoms with E-state index in [0.29, 0.717) is 17.5 Å². The van der Waals surface area contributed by atoms with Gasteiger partial charge in [0.15, 0.2) is 5.16 Å². The first-order valence-electron chi connectivity index (χ1n) is 8.18. The molecule has 0 radical (unpaired) electrons. The van der Waals surface area contributed by atoms with Crippen LogP contribution >= 0.6 is 11.8 Å². The summed E-state index contributed by atoms with van der Waals surface area (Å²) in [5, 5.41) is 4.92. The normalized spacial score (nSPS) is 11.0. The van der Waals surface area contributed by atoms with Gasteiger partial charge < -0.3 is 9.73 Å². The van der Waals surface area contributed by atoms with Gasteiger partial charge in [-0.15, -0.1) is 0 Å². The zero-order valence-electron chi connectivity index (χ0n) is 13.9. The zero-order chi connectivity index (χ0) is 17.8. The fraction of sp³-hybridized carbons (Fsp3) is 0.100. The lowest BCUT2D eigenvalue weighted by Gasteiger charge is -2.10. The minimum atomic E-state index is -0.233. The van der Waals surface area contributed by atoms with Gasteiger partial charge in [0.25, 0.3) is 0 Å². The fourth-order valence-electron chi connectivity index (χ4n) is 2.61. The number of halogens is 1. The smallest absolute Gasteiger partial charge is 0.190 e. The average molecular weight is 365 g/mol. The third-order valence-electron chi connectivity index (χ3n) is 3.85. The van der Waals surface area contributed by atoms with Gasteiger partial charge in [0, 0.05) is 11.1 Å². The van der Waals surface area contributed by atoms with E-state index in [1.165, 1.54) is 23.9 Å². The van der Waals surface area contributed by atoms with Crippen LogP contribution in [0.25, 0.3) is 10.9 Å². The molecule has 0 atom stereocenters. The third kappa shape index (κ3) is 3.86. The summed E-state index contributed by atoms with van der Waals surface area (Å²) in [4.78, 5) is 9.26. The maximum absolute atomic E-state index is 13.3. The number of anilines is 1. The standard InChI is InChI=1S/C20H16FN3OS/c21-15-6-3-5-14(11-15)13-26-20-23-18-9-2-1-8-17(18)19(24-20)22-12-16-7-4-10-25-16/h1-11H,12-13H2,(H,22,23,24). The van der Waals surface area contributed by atoms with Crippen LogP contribution in [0, 0.1) is 5.82 Å². The molecule has 0 saturated carbocycles. The molecule has 130 valence electrons. The Morgan fingerprint density at radius 2 is 1.92 bits per heavy atom. The summed E-state index contributed by atoms with van der Waals surface area (Å²) < 4.78 is 18.7. The number of furan rings is 1. The molecule has 2 aromatic carbocycles. The lowest BCUT2D eigenvalue weighted by atomic mass is 10.2. The number of hydrogen-bond acceptors (Lipinski definition) is 5. The van der Waals surface area contributed by atoms with Crippen molar-refractivity contribution in [3.05, 3.63) is 84.1 Å². The van der Waals surface area contributed by atoms with E-state index in [0.717, 1.165) is 28.0 Å². The Labute approximate surface area is 154 Å². The Bertz CT molecular complexity index is 1020. The molecule has 2 heterocycles. The van der Waals surface area contributed by atoms with Crippen LogP contribution in [0.1, 0.15) is 11.3 Å². The van der Waals surface area contributed by atoms with Crippen molar-refractivity contribution in [1.29, 1.82) is 0 Å². The highest BCUT2D eigenvalue weighted by Crippen LogP contribution is 2.26. The van der Waals surface area contributed by atoms with Gasteiger partial charge in [-0.05, 0) is 42.0 Å². The number of benzene rings is 2. The molecular formula is C20H16FN3OS. The molecule has 6 heteroatoms. The number of aromatic nitrogens is 2. The molecule has 0 fully saturated rings. The highest BCUT2D eigenvalue weighted by atomic mass is 32.2. The van der Waals surface area contributed by atoms with Crippen molar-refractivity contribution in [2.24, 2.45) is 0 Å². The van der Waals surface area contributed by atoms with E-state index in [1.54, 1.807) is 12.3 Å². The maximum atomic E-state index is 13.3.